The number of rotatable bonds is 2. The smallest absolute Gasteiger partial charge is 0.166 e. The van der Waals surface area contributed by atoms with Crippen LogP contribution in [0.3, 0.4) is 0 Å². The Kier molecular flexibility index (Phi) is 2.94. The Morgan fingerprint density at radius 2 is 2.44 bits per heavy atom. The lowest BCUT2D eigenvalue weighted by molar-refractivity contribution is 0.584. The van der Waals surface area contributed by atoms with Gasteiger partial charge in [-0.1, -0.05) is 11.6 Å². The molecule has 0 spiro atoms. The van der Waals surface area contributed by atoms with E-state index >= 15 is 0 Å². The summed E-state index contributed by atoms with van der Waals surface area (Å²) in [6.07, 6.45) is 5.04. The number of halogens is 1. The highest BCUT2D eigenvalue weighted by Crippen LogP contribution is 2.19. The Hall–Kier alpha value is -1.57. The normalized spacial score (nSPS) is 19.2. The average molecular weight is 261 g/mol. The molecule has 0 amide bonds. The zero-order valence-corrected chi connectivity index (χ0v) is 10.6. The van der Waals surface area contributed by atoms with E-state index in [0.29, 0.717) is 16.8 Å². The van der Waals surface area contributed by atoms with Crippen molar-refractivity contribution in [3.05, 3.63) is 34.9 Å². The molecule has 92 valence electrons. The molecule has 1 N–H and O–H groups in total. The van der Waals surface area contributed by atoms with E-state index < -0.39 is 0 Å². The standard InChI is InChI=1S/C13H13ClN4/c14-9-3-4-12-11(7-15)17-13(18(12)8-9)6-10-2-1-5-16-10/h3-4,8,10,16H,1-2,5-6H2. The maximum Gasteiger partial charge on any atom is 0.166 e. The van der Waals surface area contributed by atoms with Gasteiger partial charge in [-0.05, 0) is 31.5 Å². The van der Waals surface area contributed by atoms with Gasteiger partial charge in [-0.2, -0.15) is 5.26 Å². The van der Waals surface area contributed by atoms with Crippen LogP contribution in [0.15, 0.2) is 18.3 Å². The lowest BCUT2D eigenvalue weighted by atomic mass is 10.1. The predicted octanol–water partition coefficient (Wildman–Crippen LogP) is 2.15. The molecule has 1 aliphatic heterocycles. The lowest BCUT2D eigenvalue weighted by Crippen LogP contribution is -2.24. The quantitative estimate of drug-likeness (QED) is 0.900. The largest absolute Gasteiger partial charge is 0.314 e. The van der Waals surface area contributed by atoms with Gasteiger partial charge in [0.1, 0.15) is 11.9 Å². The maximum absolute atomic E-state index is 9.10. The van der Waals surface area contributed by atoms with Gasteiger partial charge >= 0.3 is 0 Å². The van der Waals surface area contributed by atoms with Crippen LogP contribution >= 0.6 is 11.6 Å². The van der Waals surface area contributed by atoms with Crippen LogP contribution < -0.4 is 5.32 Å². The molecular weight excluding hydrogens is 248 g/mol. The van der Waals surface area contributed by atoms with Crippen LogP contribution in [0.25, 0.3) is 5.52 Å². The number of fused-ring (bicyclic) bond motifs is 1. The molecule has 2 aromatic heterocycles. The number of nitriles is 1. The Morgan fingerprint density at radius 1 is 1.56 bits per heavy atom. The van der Waals surface area contributed by atoms with Gasteiger partial charge in [-0.15, -0.1) is 0 Å². The molecule has 3 rings (SSSR count). The van der Waals surface area contributed by atoms with E-state index in [-0.39, 0.29) is 0 Å². The SMILES string of the molecule is N#Cc1nc(CC2CCCN2)n2cc(Cl)ccc12. The Bertz CT molecular complexity index is 620. The monoisotopic (exact) mass is 260 g/mol. The first-order valence-corrected chi connectivity index (χ1v) is 6.45. The minimum absolute atomic E-state index is 0.459. The van der Waals surface area contributed by atoms with E-state index in [0.717, 1.165) is 30.7 Å². The molecule has 0 aromatic carbocycles. The van der Waals surface area contributed by atoms with E-state index in [2.05, 4.69) is 16.4 Å². The first kappa shape index (κ1) is 11.5. The summed E-state index contributed by atoms with van der Waals surface area (Å²) < 4.78 is 1.93. The number of pyridine rings is 1. The van der Waals surface area contributed by atoms with Crippen molar-refractivity contribution < 1.29 is 0 Å². The zero-order valence-electron chi connectivity index (χ0n) is 9.86. The molecule has 1 unspecified atom stereocenters. The van der Waals surface area contributed by atoms with Crippen molar-refractivity contribution in [1.82, 2.24) is 14.7 Å². The van der Waals surface area contributed by atoms with Crippen LogP contribution in [-0.4, -0.2) is 22.0 Å². The van der Waals surface area contributed by atoms with Crippen molar-refractivity contribution in [2.45, 2.75) is 25.3 Å². The van der Waals surface area contributed by atoms with Gasteiger partial charge < -0.3 is 9.72 Å². The fourth-order valence-corrected chi connectivity index (χ4v) is 2.66. The topological polar surface area (TPSA) is 53.1 Å². The van der Waals surface area contributed by atoms with Crippen molar-refractivity contribution in [1.29, 1.82) is 5.26 Å². The third-order valence-corrected chi connectivity index (χ3v) is 3.59. The molecule has 0 radical (unpaired) electrons. The molecule has 5 heteroatoms. The van der Waals surface area contributed by atoms with Gasteiger partial charge in [0.2, 0.25) is 0 Å². The molecule has 0 bridgehead atoms. The van der Waals surface area contributed by atoms with Crippen LogP contribution in [0.2, 0.25) is 5.02 Å². The van der Waals surface area contributed by atoms with Gasteiger partial charge in [-0.25, -0.2) is 4.98 Å². The summed E-state index contributed by atoms with van der Waals surface area (Å²) in [5.74, 6) is 0.906. The number of aromatic nitrogens is 2. The van der Waals surface area contributed by atoms with E-state index in [9.17, 15) is 0 Å². The first-order valence-electron chi connectivity index (χ1n) is 6.08. The molecule has 2 aromatic rings. The fraction of sp³-hybridized carbons (Fsp3) is 0.385. The molecule has 18 heavy (non-hydrogen) atoms. The molecule has 4 nitrogen and oxygen atoms in total. The summed E-state index contributed by atoms with van der Waals surface area (Å²) in [5.41, 5.74) is 1.30. The Balaban J connectivity index is 2.04. The van der Waals surface area contributed by atoms with Crippen LogP contribution in [-0.2, 0) is 6.42 Å². The first-order chi connectivity index (χ1) is 8.78. The third kappa shape index (κ3) is 1.96. The van der Waals surface area contributed by atoms with Gasteiger partial charge in [0, 0.05) is 18.7 Å². The van der Waals surface area contributed by atoms with E-state index in [1.807, 2.05) is 16.7 Å². The Labute approximate surface area is 110 Å². The second-order valence-corrected chi connectivity index (χ2v) is 5.02. The van der Waals surface area contributed by atoms with Crippen molar-refractivity contribution in [2.24, 2.45) is 0 Å². The molecule has 3 heterocycles. The summed E-state index contributed by atoms with van der Waals surface area (Å²) in [6.45, 7) is 1.07. The minimum Gasteiger partial charge on any atom is -0.314 e. The van der Waals surface area contributed by atoms with Crippen LogP contribution in [0, 0.1) is 11.3 Å². The molecule has 1 atom stereocenters. The zero-order chi connectivity index (χ0) is 12.5. The Morgan fingerprint density at radius 3 is 3.17 bits per heavy atom. The van der Waals surface area contributed by atoms with Crippen LogP contribution in [0.4, 0.5) is 0 Å². The summed E-state index contributed by atoms with van der Waals surface area (Å²) in [6, 6.07) is 6.23. The van der Waals surface area contributed by atoms with E-state index in [1.54, 1.807) is 6.07 Å². The highest BCUT2D eigenvalue weighted by molar-refractivity contribution is 6.30. The van der Waals surface area contributed by atoms with Gasteiger partial charge in [0.15, 0.2) is 5.69 Å². The van der Waals surface area contributed by atoms with Crippen molar-refractivity contribution in [3.8, 4) is 6.07 Å². The molecule has 1 saturated heterocycles. The van der Waals surface area contributed by atoms with Crippen LogP contribution in [0.1, 0.15) is 24.4 Å². The van der Waals surface area contributed by atoms with Crippen molar-refractivity contribution in [2.75, 3.05) is 6.54 Å². The number of imidazole rings is 1. The summed E-state index contributed by atoms with van der Waals surface area (Å²) in [7, 11) is 0. The molecular formula is C13H13ClN4. The molecule has 0 saturated carbocycles. The number of hydrogen-bond donors (Lipinski definition) is 1. The molecule has 0 aliphatic carbocycles. The molecule has 1 fully saturated rings. The summed E-state index contributed by atoms with van der Waals surface area (Å²) in [4.78, 5) is 4.42. The predicted molar refractivity (Wildman–Crippen MR) is 69.6 cm³/mol. The van der Waals surface area contributed by atoms with E-state index in [4.69, 9.17) is 16.9 Å². The summed E-state index contributed by atoms with van der Waals surface area (Å²) >= 11 is 6.01. The van der Waals surface area contributed by atoms with Crippen LogP contribution in [0.5, 0.6) is 0 Å². The van der Waals surface area contributed by atoms with Crippen molar-refractivity contribution in [3.63, 3.8) is 0 Å². The van der Waals surface area contributed by atoms with Gasteiger partial charge in [0.25, 0.3) is 0 Å². The second-order valence-electron chi connectivity index (χ2n) is 4.59. The molecule has 1 aliphatic rings. The number of nitrogens with zero attached hydrogens (tertiary/aromatic N) is 3. The van der Waals surface area contributed by atoms with Gasteiger partial charge in [-0.3, -0.25) is 0 Å². The summed E-state index contributed by atoms with van der Waals surface area (Å²) in [5, 5.41) is 13.2. The van der Waals surface area contributed by atoms with E-state index in [1.165, 1.54) is 6.42 Å². The number of nitrogens with one attached hydrogen (secondary N) is 1. The fourth-order valence-electron chi connectivity index (χ4n) is 2.50. The lowest BCUT2D eigenvalue weighted by Gasteiger charge is -2.08. The second kappa shape index (κ2) is 4.60. The third-order valence-electron chi connectivity index (χ3n) is 3.37. The van der Waals surface area contributed by atoms with Crippen molar-refractivity contribution >= 4 is 17.1 Å². The highest BCUT2D eigenvalue weighted by atomic mass is 35.5. The minimum atomic E-state index is 0.459. The number of hydrogen-bond acceptors (Lipinski definition) is 3. The highest BCUT2D eigenvalue weighted by Gasteiger charge is 2.18. The van der Waals surface area contributed by atoms with Gasteiger partial charge in [0.05, 0.1) is 10.5 Å². The average Bonchev–Trinajstić information content (AvgIpc) is 2.98. The maximum atomic E-state index is 9.10.